The fourth-order valence-electron chi connectivity index (χ4n) is 2.55. The van der Waals surface area contributed by atoms with Gasteiger partial charge in [0.2, 0.25) is 5.91 Å². The lowest BCUT2D eigenvalue weighted by molar-refractivity contribution is -0.121. The molecule has 0 bridgehead atoms. The van der Waals surface area contributed by atoms with E-state index in [1.807, 2.05) is 37.3 Å². The molecule has 2 aromatic rings. The number of hydrogen-bond donors (Lipinski definition) is 2. The van der Waals surface area contributed by atoms with E-state index in [2.05, 4.69) is 10.6 Å². The largest absolute Gasteiger partial charge is 0.379 e. The maximum Gasteiger partial charge on any atom is 0.251 e. The van der Waals surface area contributed by atoms with Gasteiger partial charge in [0.1, 0.15) is 0 Å². The molecule has 2 rings (SSSR count). The molecule has 0 aromatic heterocycles. The van der Waals surface area contributed by atoms with Crippen LogP contribution in [0.25, 0.3) is 0 Å². The minimum atomic E-state index is -0.176. The molecule has 0 atom stereocenters. The van der Waals surface area contributed by atoms with Gasteiger partial charge in [0.15, 0.2) is 0 Å². The van der Waals surface area contributed by atoms with Crippen LogP contribution in [-0.4, -0.2) is 38.2 Å². The summed E-state index contributed by atoms with van der Waals surface area (Å²) in [6, 6.07) is 16.9. The molecule has 150 valence electrons. The van der Waals surface area contributed by atoms with Crippen LogP contribution >= 0.6 is 0 Å². The van der Waals surface area contributed by atoms with Crippen LogP contribution in [0.3, 0.4) is 0 Å². The zero-order valence-corrected chi connectivity index (χ0v) is 16.3. The van der Waals surface area contributed by atoms with E-state index in [-0.39, 0.29) is 18.2 Å². The lowest BCUT2D eigenvalue weighted by atomic mass is 10.1. The standard InChI is InChI=1S/C22H28N2O4/c1-2-27-13-14-28-17-19-8-6-7-18(15-19)16-24-21(25)11-12-23-22(26)20-9-4-3-5-10-20/h3-10,15H,2,11-14,16-17H2,1H3,(H,23,26)(H,24,25). The maximum absolute atomic E-state index is 12.0. The number of carbonyl (C=O) groups excluding carboxylic acids is 2. The second kappa shape index (κ2) is 12.6. The Morgan fingerprint density at radius 3 is 2.43 bits per heavy atom. The average Bonchev–Trinajstić information content (AvgIpc) is 2.73. The van der Waals surface area contributed by atoms with E-state index in [0.717, 1.165) is 11.1 Å². The molecule has 28 heavy (non-hydrogen) atoms. The van der Waals surface area contributed by atoms with E-state index < -0.39 is 0 Å². The monoisotopic (exact) mass is 384 g/mol. The molecule has 6 heteroatoms. The molecule has 0 saturated heterocycles. The lowest BCUT2D eigenvalue weighted by Gasteiger charge is -2.09. The van der Waals surface area contributed by atoms with E-state index in [4.69, 9.17) is 9.47 Å². The molecule has 0 unspecified atom stereocenters. The van der Waals surface area contributed by atoms with Crippen molar-refractivity contribution < 1.29 is 19.1 Å². The predicted octanol–water partition coefficient (Wildman–Crippen LogP) is 2.68. The summed E-state index contributed by atoms with van der Waals surface area (Å²) < 4.78 is 10.8. The molecule has 0 aliphatic carbocycles. The van der Waals surface area contributed by atoms with Gasteiger partial charge >= 0.3 is 0 Å². The van der Waals surface area contributed by atoms with Gasteiger partial charge in [-0.05, 0) is 30.2 Å². The second-order valence-electron chi connectivity index (χ2n) is 6.22. The summed E-state index contributed by atoms with van der Waals surface area (Å²) in [6.07, 6.45) is 0.235. The number of amides is 2. The summed E-state index contributed by atoms with van der Waals surface area (Å²) in [5.74, 6) is -0.280. The number of hydrogen-bond acceptors (Lipinski definition) is 4. The molecular formula is C22H28N2O4. The molecule has 2 aromatic carbocycles. The molecule has 0 heterocycles. The van der Waals surface area contributed by atoms with Crippen molar-refractivity contribution in [1.29, 1.82) is 0 Å². The summed E-state index contributed by atoms with van der Waals surface area (Å²) in [7, 11) is 0. The van der Waals surface area contributed by atoms with Crippen molar-refractivity contribution in [3.63, 3.8) is 0 Å². The van der Waals surface area contributed by atoms with Gasteiger partial charge in [-0.15, -0.1) is 0 Å². The molecular weight excluding hydrogens is 356 g/mol. The first-order chi connectivity index (χ1) is 13.7. The number of benzene rings is 2. The highest BCUT2D eigenvalue weighted by atomic mass is 16.5. The van der Waals surface area contributed by atoms with Gasteiger partial charge < -0.3 is 20.1 Å². The van der Waals surface area contributed by atoms with Crippen molar-refractivity contribution >= 4 is 11.8 Å². The van der Waals surface area contributed by atoms with Crippen LogP contribution in [0.5, 0.6) is 0 Å². The van der Waals surface area contributed by atoms with E-state index in [1.165, 1.54) is 0 Å². The Labute approximate surface area is 166 Å². The van der Waals surface area contributed by atoms with Crippen molar-refractivity contribution in [3.05, 3.63) is 71.3 Å². The minimum absolute atomic E-state index is 0.105. The quantitative estimate of drug-likeness (QED) is 0.552. The Bertz CT molecular complexity index is 734. The molecule has 0 radical (unpaired) electrons. The molecule has 0 aliphatic rings. The zero-order valence-electron chi connectivity index (χ0n) is 16.3. The van der Waals surface area contributed by atoms with Crippen LogP contribution in [0, 0.1) is 0 Å². The van der Waals surface area contributed by atoms with Crippen LogP contribution in [0.4, 0.5) is 0 Å². The molecule has 6 nitrogen and oxygen atoms in total. The molecule has 0 spiro atoms. The zero-order chi connectivity index (χ0) is 20.0. The molecule has 0 aliphatic heterocycles. The van der Waals surface area contributed by atoms with Crippen LogP contribution in [0.1, 0.15) is 34.8 Å². The Morgan fingerprint density at radius 1 is 0.893 bits per heavy atom. The Hall–Kier alpha value is -2.70. The van der Waals surface area contributed by atoms with Crippen molar-refractivity contribution in [2.45, 2.75) is 26.5 Å². The van der Waals surface area contributed by atoms with Gasteiger partial charge in [0.05, 0.1) is 19.8 Å². The third-order valence-electron chi connectivity index (χ3n) is 4.00. The van der Waals surface area contributed by atoms with E-state index in [0.29, 0.717) is 45.1 Å². The topological polar surface area (TPSA) is 76.7 Å². The SMILES string of the molecule is CCOCCOCc1cccc(CNC(=O)CCNC(=O)c2ccccc2)c1. The van der Waals surface area contributed by atoms with Crippen molar-refractivity contribution in [1.82, 2.24) is 10.6 Å². The number of rotatable bonds is 12. The van der Waals surface area contributed by atoms with Gasteiger partial charge in [0.25, 0.3) is 5.91 Å². The van der Waals surface area contributed by atoms with Crippen molar-refractivity contribution in [2.24, 2.45) is 0 Å². The average molecular weight is 384 g/mol. The third-order valence-corrected chi connectivity index (χ3v) is 4.00. The maximum atomic E-state index is 12.0. The Morgan fingerprint density at radius 2 is 1.64 bits per heavy atom. The van der Waals surface area contributed by atoms with Gasteiger partial charge in [-0.25, -0.2) is 0 Å². The molecule has 2 amide bonds. The van der Waals surface area contributed by atoms with E-state index in [1.54, 1.807) is 24.3 Å². The molecule has 0 fully saturated rings. The summed E-state index contributed by atoms with van der Waals surface area (Å²) in [5.41, 5.74) is 2.65. The first-order valence-electron chi connectivity index (χ1n) is 9.52. The van der Waals surface area contributed by atoms with Gasteiger partial charge in [0, 0.05) is 31.7 Å². The fourth-order valence-corrected chi connectivity index (χ4v) is 2.55. The van der Waals surface area contributed by atoms with Gasteiger partial charge in [-0.1, -0.05) is 42.5 Å². The van der Waals surface area contributed by atoms with E-state index in [9.17, 15) is 9.59 Å². The van der Waals surface area contributed by atoms with E-state index >= 15 is 0 Å². The number of carbonyl (C=O) groups is 2. The highest BCUT2D eigenvalue weighted by Gasteiger charge is 2.06. The normalized spacial score (nSPS) is 10.5. The second-order valence-corrected chi connectivity index (χ2v) is 6.22. The van der Waals surface area contributed by atoms with Crippen LogP contribution in [-0.2, 0) is 27.4 Å². The Kier molecular flexibility index (Phi) is 9.75. The van der Waals surface area contributed by atoms with Gasteiger partial charge in [-0.2, -0.15) is 0 Å². The molecule has 2 N–H and O–H groups in total. The summed E-state index contributed by atoms with van der Waals surface area (Å²) in [4.78, 5) is 23.9. The van der Waals surface area contributed by atoms with Crippen molar-refractivity contribution in [2.75, 3.05) is 26.4 Å². The van der Waals surface area contributed by atoms with Gasteiger partial charge in [-0.3, -0.25) is 9.59 Å². The number of nitrogens with one attached hydrogen (secondary N) is 2. The third kappa shape index (κ3) is 8.33. The van der Waals surface area contributed by atoms with Crippen LogP contribution in [0.2, 0.25) is 0 Å². The highest BCUT2D eigenvalue weighted by Crippen LogP contribution is 2.07. The summed E-state index contributed by atoms with van der Waals surface area (Å²) >= 11 is 0. The minimum Gasteiger partial charge on any atom is -0.379 e. The van der Waals surface area contributed by atoms with Crippen LogP contribution < -0.4 is 10.6 Å². The van der Waals surface area contributed by atoms with Crippen molar-refractivity contribution in [3.8, 4) is 0 Å². The highest BCUT2D eigenvalue weighted by molar-refractivity contribution is 5.94. The number of ether oxygens (including phenoxy) is 2. The summed E-state index contributed by atoms with van der Waals surface area (Å²) in [5, 5.41) is 5.62. The van der Waals surface area contributed by atoms with Crippen LogP contribution in [0.15, 0.2) is 54.6 Å². The molecule has 0 saturated carbocycles. The first-order valence-corrected chi connectivity index (χ1v) is 9.52. The Balaban J connectivity index is 1.65. The summed E-state index contributed by atoms with van der Waals surface area (Å²) in [6.45, 7) is 5.05. The lowest BCUT2D eigenvalue weighted by Crippen LogP contribution is -2.30. The predicted molar refractivity (Wildman–Crippen MR) is 108 cm³/mol. The first kappa shape index (κ1) is 21.6. The smallest absolute Gasteiger partial charge is 0.251 e. The fraction of sp³-hybridized carbons (Fsp3) is 0.364.